The molecule has 1 amide bonds. The molecule has 6 heteroatoms. The van der Waals surface area contributed by atoms with Crippen LogP contribution in [-0.4, -0.2) is 33.2 Å². The highest BCUT2D eigenvalue weighted by atomic mass is 79.9. The lowest BCUT2D eigenvalue weighted by Crippen LogP contribution is -2.34. The fourth-order valence-electron chi connectivity index (χ4n) is 2.97. The van der Waals surface area contributed by atoms with Gasteiger partial charge in [0.25, 0.3) is 0 Å². The molecule has 128 valence electrons. The number of halogens is 1. The molecule has 1 saturated heterocycles. The van der Waals surface area contributed by atoms with E-state index in [1.807, 2.05) is 0 Å². The molecule has 1 aromatic rings. The lowest BCUT2D eigenvalue weighted by molar-refractivity contribution is -0.117. The fourth-order valence-corrected chi connectivity index (χ4v) is 3.40. The smallest absolute Gasteiger partial charge is 0.224 e. The van der Waals surface area contributed by atoms with Crippen LogP contribution >= 0.6 is 15.9 Å². The van der Waals surface area contributed by atoms with E-state index < -0.39 is 0 Å². The van der Waals surface area contributed by atoms with Crippen molar-refractivity contribution in [3.05, 3.63) is 16.6 Å². The number of anilines is 1. The highest BCUT2D eigenvalue weighted by molar-refractivity contribution is 9.10. The molecule has 1 aliphatic rings. The van der Waals surface area contributed by atoms with Crippen LogP contribution in [0, 0.1) is 11.8 Å². The van der Waals surface area contributed by atoms with Crippen molar-refractivity contribution >= 4 is 27.5 Å². The molecule has 1 fully saturated rings. The van der Waals surface area contributed by atoms with Crippen molar-refractivity contribution in [3.8, 4) is 11.5 Å². The minimum absolute atomic E-state index is 0.0241. The summed E-state index contributed by atoms with van der Waals surface area (Å²) in [5.74, 6) is 2.18. The Bertz CT molecular complexity index is 545. The van der Waals surface area contributed by atoms with Crippen molar-refractivity contribution in [2.75, 3.05) is 32.6 Å². The SMILES string of the molecule is COc1cc(Br)c(NC(=O)CC(C)C2CCCNC2)cc1OC. The molecule has 2 atom stereocenters. The van der Waals surface area contributed by atoms with Gasteiger partial charge in [-0.05, 0) is 53.7 Å². The van der Waals surface area contributed by atoms with Gasteiger partial charge in [0.2, 0.25) is 5.91 Å². The lowest BCUT2D eigenvalue weighted by atomic mass is 9.85. The fraction of sp³-hybridized carbons (Fsp3) is 0.588. The summed E-state index contributed by atoms with van der Waals surface area (Å²) < 4.78 is 11.3. The second-order valence-corrected chi connectivity index (χ2v) is 6.88. The number of methoxy groups -OCH3 is 2. The van der Waals surface area contributed by atoms with Gasteiger partial charge in [0.1, 0.15) is 0 Å². The normalized spacial score (nSPS) is 19.0. The van der Waals surface area contributed by atoms with Crippen molar-refractivity contribution in [2.24, 2.45) is 11.8 Å². The molecular weight excluding hydrogens is 360 g/mol. The summed E-state index contributed by atoms with van der Waals surface area (Å²) in [4.78, 5) is 12.3. The quantitative estimate of drug-likeness (QED) is 0.788. The number of piperidine rings is 1. The number of carbonyl (C=O) groups is 1. The maximum atomic E-state index is 12.3. The molecule has 2 rings (SSSR count). The van der Waals surface area contributed by atoms with Gasteiger partial charge in [-0.3, -0.25) is 4.79 Å². The van der Waals surface area contributed by atoms with Crippen LogP contribution in [-0.2, 0) is 4.79 Å². The van der Waals surface area contributed by atoms with E-state index in [9.17, 15) is 4.79 Å². The van der Waals surface area contributed by atoms with Gasteiger partial charge >= 0.3 is 0 Å². The molecule has 5 nitrogen and oxygen atoms in total. The number of benzene rings is 1. The van der Waals surface area contributed by atoms with Gasteiger partial charge in [-0.25, -0.2) is 0 Å². The predicted octanol–water partition coefficient (Wildman–Crippen LogP) is 3.43. The Labute approximate surface area is 146 Å². The second kappa shape index (κ2) is 8.55. The number of nitrogens with one attached hydrogen (secondary N) is 2. The van der Waals surface area contributed by atoms with Crippen LogP contribution in [0.25, 0.3) is 0 Å². The zero-order valence-electron chi connectivity index (χ0n) is 13.9. The average molecular weight is 385 g/mol. The number of rotatable bonds is 6. The zero-order chi connectivity index (χ0) is 16.8. The first-order chi connectivity index (χ1) is 11.0. The van der Waals surface area contributed by atoms with E-state index in [0.29, 0.717) is 35.4 Å². The van der Waals surface area contributed by atoms with Gasteiger partial charge in [-0.15, -0.1) is 0 Å². The van der Waals surface area contributed by atoms with Crippen LogP contribution < -0.4 is 20.1 Å². The van der Waals surface area contributed by atoms with E-state index in [1.54, 1.807) is 26.4 Å². The summed E-state index contributed by atoms with van der Waals surface area (Å²) in [6, 6.07) is 3.57. The molecule has 0 spiro atoms. The molecule has 2 unspecified atom stereocenters. The number of amides is 1. The zero-order valence-corrected chi connectivity index (χ0v) is 15.5. The van der Waals surface area contributed by atoms with E-state index in [2.05, 4.69) is 33.5 Å². The first-order valence-corrected chi connectivity index (χ1v) is 8.76. The topological polar surface area (TPSA) is 59.6 Å². The Balaban J connectivity index is 1.99. The molecule has 1 aromatic carbocycles. The van der Waals surface area contributed by atoms with Crippen LogP contribution in [0.1, 0.15) is 26.2 Å². The third-order valence-electron chi connectivity index (χ3n) is 4.39. The highest BCUT2D eigenvalue weighted by Gasteiger charge is 2.22. The van der Waals surface area contributed by atoms with Crippen LogP contribution in [0.3, 0.4) is 0 Å². The van der Waals surface area contributed by atoms with Gasteiger partial charge < -0.3 is 20.1 Å². The number of hydrogen-bond donors (Lipinski definition) is 2. The number of hydrogen-bond acceptors (Lipinski definition) is 4. The van der Waals surface area contributed by atoms with Crippen molar-refractivity contribution < 1.29 is 14.3 Å². The standard InChI is InChI=1S/C17H25BrN2O3/c1-11(12-5-4-6-19-10-12)7-17(21)20-14-9-16(23-3)15(22-2)8-13(14)18/h8-9,11-12,19H,4-7,10H2,1-3H3,(H,20,21). The van der Waals surface area contributed by atoms with E-state index in [0.717, 1.165) is 17.6 Å². The first-order valence-electron chi connectivity index (χ1n) is 7.97. The van der Waals surface area contributed by atoms with Crippen LogP contribution in [0.5, 0.6) is 11.5 Å². The Morgan fingerprint density at radius 2 is 2.09 bits per heavy atom. The summed E-state index contributed by atoms with van der Waals surface area (Å²) in [6.45, 7) is 4.25. The summed E-state index contributed by atoms with van der Waals surface area (Å²) in [7, 11) is 3.16. The summed E-state index contributed by atoms with van der Waals surface area (Å²) >= 11 is 3.46. The molecule has 2 N–H and O–H groups in total. The van der Waals surface area contributed by atoms with E-state index in [4.69, 9.17) is 9.47 Å². The highest BCUT2D eigenvalue weighted by Crippen LogP contribution is 2.36. The summed E-state index contributed by atoms with van der Waals surface area (Å²) in [6.07, 6.45) is 2.91. The number of ether oxygens (including phenoxy) is 2. The van der Waals surface area contributed by atoms with Crippen molar-refractivity contribution in [2.45, 2.75) is 26.2 Å². The average Bonchev–Trinajstić information content (AvgIpc) is 2.56. The van der Waals surface area contributed by atoms with Gasteiger partial charge in [0, 0.05) is 23.0 Å². The lowest BCUT2D eigenvalue weighted by Gasteiger charge is -2.28. The Kier molecular flexibility index (Phi) is 6.72. The van der Waals surface area contributed by atoms with Crippen LogP contribution in [0.4, 0.5) is 5.69 Å². The van der Waals surface area contributed by atoms with E-state index >= 15 is 0 Å². The molecule has 1 aliphatic heterocycles. The minimum atomic E-state index is 0.0241. The Morgan fingerprint density at radius 3 is 2.70 bits per heavy atom. The van der Waals surface area contributed by atoms with Gasteiger partial charge in [-0.2, -0.15) is 0 Å². The molecule has 23 heavy (non-hydrogen) atoms. The Hall–Kier alpha value is -1.27. The second-order valence-electron chi connectivity index (χ2n) is 6.02. The first kappa shape index (κ1) is 18.1. The van der Waals surface area contributed by atoms with Crippen molar-refractivity contribution in [1.82, 2.24) is 5.32 Å². The summed E-state index contributed by atoms with van der Waals surface area (Å²) in [5, 5.41) is 6.37. The summed E-state index contributed by atoms with van der Waals surface area (Å²) in [5.41, 5.74) is 0.696. The van der Waals surface area contributed by atoms with Crippen molar-refractivity contribution in [1.29, 1.82) is 0 Å². The van der Waals surface area contributed by atoms with Gasteiger partial charge in [0.05, 0.1) is 19.9 Å². The molecule has 0 bridgehead atoms. The number of carbonyl (C=O) groups excluding carboxylic acids is 1. The Morgan fingerprint density at radius 1 is 1.39 bits per heavy atom. The maximum absolute atomic E-state index is 12.3. The largest absolute Gasteiger partial charge is 0.493 e. The molecule has 0 aliphatic carbocycles. The third kappa shape index (κ3) is 4.85. The van der Waals surface area contributed by atoms with Crippen molar-refractivity contribution in [3.63, 3.8) is 0 Å². The molecular formula is C17H25BrN2O3. The minimum Gasteiger partial charge on any atom is -0.493 e. The maximum Gasteiger partial charge on any atom is 0.224 e. The monoisotopic (exact) mass is 384 g/mol. The van der Waals surface area contributed by atoms with Gasteiger partial charge in [0.15, 0.2) is 11.5 Å². The molecule has 0 radical (unpaired) electrons. The third-order valence-corrected chi connectivity index (χ3v) is 5.05. The van der Waals surface area contributed by atoms with E-state index in [-0.39, 0.29) is 5.91 Å². The van der Waals surface area contributed by atoms with E-state index in [1.165, 1.54) is 12.8 Å². The molecule has 0 saturated carbocycles. The van der Waals surface area contributed by atoms with Gasteiger partial charge in [-0.1, -0.05) is 6.92 Å². The van der Waals surface area contributed by atoms with Crippen LogP contribution in [0.15, 0.2) is 16.6 Å². The molecule has 0 aromatic heterocycles. The predicted molar refractivity (Wildman–Crippen MR) is 95.3 cm³/mol. The van der Waals surface area contributed by atoms with Crippen LogP contribution in [0.2, 0.25) is 0 Å². The molecule has 1 heterocycles.